The number of hydrogen-bond acceptors (Lipinski definition) is 1. The lowest BCUT2D eigenvalue weighted by atomic mass is 9.99. The molecule has 3 aromatic rings. The SMILES string of the molecule is CCCc1ccc(-c2ccc(/C(F)=C(/F)c3ccc(CC(OC)C(F)(F)F)c(F)c3)cc2)c(F)c1. The average Bonchev–Trinajstić information content (AvgIpc) is 2.82. The summed E-state index contributed by atoms with van der Waals surface area (Å²) in [6, 6.07) is 12.9. The van der Waals surface area contributed by atoms with E-state index in [1.54, 1.807) is 12.1 Å². The summed E-state index contributed by atoms with van der Waals surface area (Å²) < 4.78 is 101. The Hall–Kier alpha value is -3.13. The predicted octanol–water partition coefficient (Wildman–Crippen LogP) is 8.47. The molecule has 1 nitrogen and oxygen atoms in total. The number of hydrogen-bond donors (Lipinski definition) is 0. The zero-order chi connectivity index (χ0) is 25.8. The first-order valence-corrected chi connectivity index (χ1v) is 10.9. The molecule has 0 aliphatic carbocycles. The van der Waals surface area contributed by atoms with E-state index in [1.165, 1.54) is 30.3 Å². The highest BCUT2D eigenvalue weighted by Gasteiger charge is 2.40. The largest absolute Gasteiger partial charge is 0.414 e. The van der Waals surface area contributed by atoms with E-state index in [2.05, 4.69) is 4.74 Å². The first kappa shape index (κ1) is 26.5. The maximum Gasteiger partial charge on any atom is 0.414 e. The molecule has 0 heterocycles. The zero-order valence-electron chi connectivity index (χ0n) is 19.0. The van der Waals surface area contributed by atoms with Gasteiger partial charge in [-0.15, -0.1) is 0 Å². The van der Waals surface area contributed by atoms with E-state index in [4.69, 9.17) is 0 Å². The highest BCUT2D eigenvalue weighted by Crippen LogP contribution is 2.33. The minimum Gasteiger partial charge on any atom is -0.372 e. The van der Waals surface area contributed by atoms with Crippen LogP contribution in [0, 0.1) is 11.6 Å². The molecule has 0 aromatic heterocycles. The van der Waals surface area contributed by atoms with Crippen molar-refractivity contribution in [3.05, 3.63) is 94.6 Å². The van der Waals surface area contributed by atoms with Crippen LogP contribution in [-0.4, -0.2) is 19.4 Å². The summed E-state index contributed by atoms with van der Waals surface area (Å²) in [5.41, 5.74) is 0.669. The Morgan fingerprint density at radius 1 is 0.829 bits per heavy atom. The Morgan fingerprint density at radius 2 is 1.46 bits per heavy atom. The van der Waals surface area contributed by atoms with Crippen LogP contribution in [0.5, 0.6) is 0 Å². The van der Waals surface area contributed by atoms with E-state index in [0.717, 1.165) is 37.6 Å². The lowest BCUT2D eigenvalue weighted by Crippen LogP contribution is -2.32. The summed E-state index contributed by atoms with van der Waals surface area (Å²) in [6.07, 6.45) is -6.13. The second-order valence-electron chi connectivity index (χ2n) is 8.05. The molecule has 0 radical (unpaired) electrons. The molecule has 1 atom stereocenters. The van der Waals surface area contributed by atoms with Gasteiger partial charge in [0.2, 0.25) is 0 Å². The van der Waals surface area contributed by atoms with E-state index >= 15 is 0 Å². The predicted molar refractivity (Wildman–Crippen MR) is 122 cm³/mol. The molecule has 0 saturated heterocycles. The molecular weight excluding hydrogens is 473 g/mol. The summed E-state index contributed by atoms with van der Waals surface area (Å²) >= 11 is 0. The number of methoxy groups -OCH3 is 1. The molecule has 186 valence electrons. The summed E-state index contributed by atoms with van der Waals surface area (Å²) in [5.74, 6) is -4.21. The maximum absolute atomic E-state index is 14.8. The van der Waals surface area contributed by atoms with E-state index in [0.29, 0.717) is 17.2 Å². The van der Waals surface area contributed by atoms with Gasteiger partial charge in [0.15, 0.2) is 17.8 Å². The fourth-order valence-electron chi connectivity index (χ4n) is 3.67. The van der Waals surface area contributed by atoms with Crippen molar-refractivity contribution in [1.82, 2.24) is 0 Å². The first-order valence-electron chi connectivity index (χ1n) is 10.9. The minimum absolute atomic E-state index is 0.157. The summed E-state index contributed by atoms with van der Waals surface area (Å²) in [4.78, 5) is 0. The second-order valence-corrected chi connectivity index (χ2v) is 8.05. The normalized spacial score (nSPS) is 13.5. The molecule has 1 unspecified atom stereocenters. The number of benzene rings is 3. The van der Waals surface area contributed by atoms with Crippen molar-refractivity contribution in [2.24, 2.45) is 0 Å². The van der Waals surface area contributed by atoms with E-state index in [1.807, 2.05) is 6.92 Å². The summed E-state index contributed by atoms with van der Waals surface area (Å²) in [5, 5.41) is 0. The van der Waals surface area contributed by atoms with Crippen LogP contribution in [-0.2, 0) is 17.6 Å². The van der Waals surface area contributed by atoms with Gasteiger partial charge in [-0.3, -0.25) is 0 Å². The zero-order valence-corrected chi connectivity index (χ0v) is 19.0. The second kappa shape index (κ2) is 11.1. The van der Waals surface area contributed by atoms with Crippen molar-refractivity contribution in [3.8, 4) is 11.1 Å². The molecular formula is C27H23F7O. The van der Waals surface area contributed by atoms with Crippen molar-refractivity contribution in [2.75, 3.05) is 7.11 Å². The number of rotatable bonds is 8. The Morgan fingerprint density at radius 3 is 2.00 bits per heavy atom. The van der Waals surface area contributed by atoms with Gasteiger partial charge in [0.1, 0.15) is 11.6 Å². The molecule has 0 fully saturated rings. The Balaban J connectivity index is 1.83. The van der Waals surface area contributed by atoms with Crippen LogP contribution >= 0.6 is 0 Å². The number of aryl methyl sites for hydroxylation is 1. The van der Waals surface area contributed by atoms with Crippen molar-refractivity contribution in [1.29, 1.82) is 0 Å². The first-order chi connectivity index (χ1) is 16.5. The van der Waals surface area contributed by atoms with Crippen molar-refractivity contribution >= 4 is 11.7 Å². The Bertz CT molecular complexity index is 1200. The number of halogens is 7. The molecule has 8 heteroatoms. The average molecular weight is 496 g/mol. The van der Waals surface area contributed by atoms with Crippen molar-refractivity contribution < 1.29 is 35.5 Å². The Kier molecular flexibility index (Phi) is 8.38. The molecule has 0 N–H and O–H groups in total. The van der Waals surface area contributed by atoms with Gasteiger partial charge in [-0.25, -0.2) is 17.6 Å². The highest BCUT2D eigenvalue weighted by atomic mass is 19.4. The lowest BCUT2D eigenvalue weighted by molar-refractivity contribution is -0.212. The van der Waals surface area contributed by atoms with E-state index in [-0.39, 0.29) is 11.1 Å². The Labute approximate surface area is 198 Å². The van der Waals surface area contributed by atoms with Crippen LogP contribution in [0.25, 0.3) is 22.8 Å². The van der Waals surface area contributed by atoms with Gasteiger partial charge < -0.3 is 4.74 Å². The van der Waals surface area contributed by atoms with Gasteiger partial charge in [-0.2, -0.15) is 13.2 Å². The molecule has 0 amide bonds. The fraction of sp³-hybridized carbons (Fsp3) is 0.259. The van der Waals surface area contributed by atoms with Gasteiger partial charge in [0, 0.05) is 30.2 Å². The molecule has 3 rings (SSSR count). The molecule has 0 spiro atoms. The third-order valence-electron chi connectivity index (χ3n) is 5.58. The van der Waals surface area contributed by atoms with Gasteiger partial charge in [0.25, 0.3) is 0 Å². The minimum atomic E-state index is -4.70. The van der Waals surface area contributed by atoms with Crippen LogP contribution in [0.1, 0.15) is 35.6 Å². The van der Waals surface area contributed by atoms with Crippen LogP contribution < -0.4 is 0 Å². The topological polar surface area (TPSA) is 9.23 Å². The molecule has 0 aliphatic heterocycles. The molecule has 0 saturated carbocycles. The van der Waals surface area contributed by atoms with Gasteiger partial charge in [-0.05, 0) is 35.2 Å². The molecule has 0 bridgehead atoms. The summed E-state index contributed by atoms with van der Waals surface area (Å²) in [7, 11) is 0.851. The number of ether oxygens (including phenoxy) is 1. The van der Waals surface area contributed by atoms with E-state index < -0.39 is 47.6 Å². The standard InChI is InChI=1S/C27H23F7O/c1-3-4-16-5-12-21(23(29)13-16)17-6-8-18(9-7-17)25(30)26(31)20-11-10-19(22(28)14-20)15-24(35-2)27(32,33)34/h5-14,24H,3-4,15H2,1-2H3/b26-25-. The lowest BCUT2D eigenvalue weighted by Gasteiger charge is -2.19. The molecule has 0 aliphatic rings. The van der Waals surface area contributed by atoms with Crippen LogP contribution in [0.2, 0.25) is 0 Å². The third-order valence-corrected chi connectivity index (χ3v) is 5.58. The quantitative estimate of drug-likeness (QED) is 0.225. The van der Waals surface area contributed by atoms with Crippen LogP contribution in [0.15, 0.2) is 60.7 Å². The smallest absolute Gasteiger partial charge is 0.372 e. The highest BCUT2D eigenvalue weighted by molar-refractivity contribution is 5.83. The third kappa shape index (κ3) is 6.31. The van der Waals surface area contributed by atoms with Gasteiger partial charge in [0.05, 0.1) is 0 Å². The van der Waals surface area contributed by atoms with Crippen LogP contribution in [0.3, 0.4) is 0 Å². The monoisotopic (exact) mass is 496 g/mol. The fourth-order valence-corrected chi connectivity index (χ4v) is 3.67. The summed E-state index contributed by atoms with van der Waals surface area (Å²) in [6.45, 7) is 1.99. The van der Waals surface area contributed by atoms with E-state index in [9.17, 15) is 30.7 Å². The van der Waals surface area contributed by atoms with Crippen LogP contribution in [0.4, 0.5) is 30.7 Å². The van der Waals surface area contributed by atoms with Crippen molar-refractivity contribution in [3.63, 3.8) is 0 Å². The maximum atomic E-state index is 14.8. The number of alkyl halides is 3. The van der Waals surface area contributed by atoms with Crippen molar-refractivity contribution in [2.45, 2.75) is 38.5 Å². The van der Waals surface area contributed by atoms with Gasteiger partial charge in [-0.1, -0.05) is 61.9 Å². The molecule has 35 heavy (non-hydrogen) atoms. The molecule has 3 aromatic carbocycles. The van der Waals surface area contributed by atoms with Gasteiger partial charge >= 0.3 is 6.18 Å².